The molecule has 2 heteroatoms. The molecule has 0 aliphatic heterocycles. The fourth-order valence-corrected chi connectivity index (χ4v) is 3.30. The van der Waals surface area contributed by atoms with Crippen LogP contribution in [0.5, 0.6) is 0 Å². The van der Waals surface area contributed by atoms with Crippen molar-refractivity contribution >= 4 is 0 Å². The molecule has 0 aromatic rings. The third kappa shape index (κ3) is 3.96. The number of hydrogen-bond donors (Lipinski definition) is 1. The Kier molecular flexibility index (Phi) is 4.87. The van der Waals surface area contributed by atoms with Gasteiger partial charge in [-0.2, -0.15) is 0 Å². The van der Waals surface area contributed by atoms with Gasteiger partial charge in [0.15, 0.2) is 0 Å². The Morgan fingerprint density at radius 3 is 2.29 bits per heavy atom. The third-order valence-corrected chi connectivity index (χ3v) is 4.88. The first kappa shape index (κ1) is 13.4. The van der Waals surface area contributed by atoms with Crippen LogP contribution in [0.3, 0.4) is 0 Å². The summed E-state index contributed by atoms with van der Waals surface area (Å²) in [6, 6.07) is 0.464. The van der Waals surface area contributed by atoms with Crippen molar-refractivity contribution in [1.29, 1.82) is 0 Å². The van der Waals surface area contributed by atoms with Crippen molar-refractivity contribution in [3.05, 3.63) is 0 Å². The lowest BCUT2D eigenvalue weighted by molar-refractivity contribution is 0.154. The van der Waals surface area contributed by atoms with Gasteiger partial charge in [0.05, 0.1) is 0 Å². The average molecular weight is 238 g/mol. The van der Waals surface area contributed by atoms with Crippen molar-refractivity contribution in [2.45, 2.75) is 58.4 Å². The van der Waals surface area contributed by atoms with Gasteiger partial charge in [-0.3, -0.25) is 0 Å². The highest BCUT2D eigenvalue weighted by molar-refractivity contribution is 4.85. The van der Waals surface area contributed by atoms with Gasteiger partial charge in [0.25, 0.3) is 0 Å². The largest absolute Gasteiger partial charge is 0.327 e. The Balaban J connectivity index is 1.80. The molecule has 2 N–H and O–H groups in total. The van der Waals surface area contributed by atoms with Crippen LogP contribution >= 0.6 is 0 Å². The minimum atomic E-state index is 0.464. The Morgan fingerprint density at radius 2 is 1.71 bits per heavy atom. The topological polar surface area (TPSA) is 29.3 Å². The quantitative estimate of drug-likeness (QED) is 0.771. The van der Waals surface area contributed by atoms with Gasteiger partial charge in [-0.15, -0.1) is 0 Å². The highest BCUT2D eigenvalue weighted by Gasteiger charge is 2.30. The molecule has 2 fully saturated rings. The molecule has 0 spiro atoms. The standard InChI is InChI=1S/C15H30N2/c1-3-12-7-8-15(16)14(9-12)11-17(4-2)10-13-5-6-13/h12-15H,3-11,16H2,1-2H3. The van der Waals surface area contributed by atoms with E-state index < -0.39 is 0 Å². The van der Waals surface area contributed by atoms with Gasteiger partial charge in [-0.1, -0.05) is 20.3 Å². The summed E-state index contributed by atoms with van der Waals surface area (Å²) >= 11 is 0. The van der Waals surface area contributed by atoms with E-state index in [2.05, 4.69) is 18.7 Å². The van der Waals surface area contributed by atoms with Crippen LogP contribution in [0.25, 0.3) is 0 Å². The van der Waals surface area contributed by atoms with Crippen LogP contribution < -0.4 is 5.73 Å². The summed E-state index contributed by atoms with van der Waals surface area (Å²) in [7, 11) is 0. The lowest BCUT2D eigenvalue weighted by Crippen LogP contribution is -2.43. The molecule has 0 aromatic carbocycles. The summed E-state index contributed by atoms with van der Waals surface area (Å²) in [5, 5.41) is 0. The molecule has 0 bridgehead atoms. The first-order valence-electron chi connectivity index (χ1n) is 7.70. The maximum Gasteiger partial charge on any atom is 0.00795 e. The molecule has 2 aliphatic rings. The van der Waals surface area contributed by atoms with Crippen LogP contribution in [-0.2, 0) is 0 Å². The van der Waals surface area contributed by atoms with E-state index in [4.69, 9.17) is 5.73 Å². The Morgan fingerprint density at radius 1 is 1.00 bits per heavy atom. The van der Waals surface area contributed by atoms with Crippen molar-refractivity contribution < 1.29 is 0 Å². The SMILES string of the molecule is CCC1CCC(N)C(CN(CC)CC2CC2)C1. The zero-order chi connectivity index (χ0) is 12.3. The molecular formula is C15H30N2. The second kappa shape index (κ2) is 6.19. The van der Waals surface area contributed by atoms with E-state index in [1.54, 1.807) is 0 Å². The molecule has 2 aliphatic carbocycles. The zero-order valence-electron chi connectivity index (χ0n) is 11.7. The predicted octanol–water partition coefficient (Wildman–Crippen LogP) is 2.87. The van der Waals surface area contributed by atoms with Crippen LogP contribution in [-0.4, -0.2) is 30.6 Å². The van der Waals surface area contributed by atoms with Crippen molar-refractivity contribution in [3.63, 3.8) is 0 Å². The Hall–Kier alpha value is -0.0800. The average Bonchev–Trinajstić information content (AvgIpc) is 3.14. The fourth-order valence-electron chi connectivity index (χ4n) is 3.30. The van der Waals surface area contributed by atoms with Crippen molar-refractivity contribution in [3.8, 4) is 0 Å². The van der Waals surface area contributed by atoms with Gasteiger partial charge < -0.3 is 10.6 Å². The highest BCUT2D eigenvalue weighted by Crippen LogP contribution is 2.33. The van der Waals surface area contributed by atoms with Crippen LogP contribution in [0.4, 0.5) is 0 Å². The molecule has 0 radical (unpaired) electrons. The second-order valence-corrected chi connectivity index (χ2v) is 6.31. The summed E-state index contributed by atoms with van der Waals surface area (Å²) in [6.45, 7) is 8.42. The van der Waals surface area contributed by atoms with Gasteiger partial charge in [0, 0.05) is 19.1 Å². The van der Waals surface area contributed by atoms with Crippen LogP contribution in [0.2, 0.25) is 0 Å². The zero-order valence-corrected chi connectivity index (χ0v) is 11.7. The maximum absolute atomic E-state index is 6.32. The van der Waals surface area contributed by atoms with Gasteiger partial charge in [-0.05, 0) is 56.4 Å². The molecule has 3 atom stereocenters. The molecule has 3 unspecified atom stereocenters. The van der Waals surface area contributed by atoms with E-state index in [1.165, 1.54) is 58.2 Å². The monoisotopic (exact) mass is 238 g/mol. The first-order chi connectivity index (χ1) is 8.22. The summed E-state index contributed by atoms with van der Waals surface area (Å²) < 4.78 is 0. The molecule has 0 amide bonds. The fraction of sp³-hybridized carbons (Fsp3) is 1.00. The number of nitrogens with two attached hydrogens (primary N) is 1. The molecule has 17 heavy (non-hydrogen) atoms. The van der Waals surface area contributed by atoms with E-state index in [0.29, 0.717) is 6.04 Å². The van der Waals surface area contributed by atoms with E-state index in [-0.39, 0.29) is 0 Å². The minimum Gasteiger partial charge on any atom is -0.327 e. The van der Waals surface area contributed by atoms with Gasteiger partial charge >= 0.3 is 0 Å². The van der Waals surface area contributed by atoms with Crippen LogP contribution in [0, 0.1) is 17.8 Å². The van der Waals surface area contributed by atoms with Crippen LogP contribution in [0.1, 0.15) is 52.4 Å². The van der Waals surface area contributed by atoms with Crippen molar-refractivity contribution in [2.75, 3.05) is 19.6 Å². The first-order valence-corrected chi connectivity index (χ1v) is 7.70. The van der Waals surface area contributed by atoms with Crippen molar-refractivity contribution in [1.82, 2.24) is 4.90 Å². The van der Waals surface area contributed by atoms with Gasteiger partial charge in [0.1, 0.15) is 0 Å². The van der Waals surface area contributed by atoms with Gasteiger partial charge in [-0.25, -0.2) is 0 Å². The molecule has 0 saturated heterocycles. The molecule has 100 valence electrons. The lowest BCUT2D eigenvalue weighted by Gasteiger charge is -2.37. The molecule has 0 aromatic heterocycles. The van der Waals surface area contributed by atoms with Gasteiger partial charge in [0.2, 0.25) is 0 Å². The van der Waals surface area contributed by atoms with E-state index in [9.17, 15) is 0 Å². The summed E-state index contributed by atoms with van der Waals surface area (Å²) in [4.78, 5) is 2.65. The molecule has 2 saturated carbocycles. The van der Waals surface area contributed by atoms with E-state index in [1.807, 2.05) is 0 Å². The predicted molar refractivity (Wildman–Crippen MR) is 73.9 cm³/mol. The maximum atomic E-state index is 6.32. The Bertz CT molecular complexity index is 225. The number of nitrogens with zero attached hydrogens (tertiary/aromatic N) is 1. The molecule has 2 nitrogen and oxygen atoms in total. The molecule has 2 rings (SSSR count). The lowest BCUT2D eigenvalue weighted by atomic mass is 9.77. The normalized spacial score (nSPS) is 34.2. The summed E-state index contributed by atoms with van der Waals surface area (Å²) in [6.07, 6.45) is 8.26. The van der Waals surface area contributed by atoms with Crippen molar-refractivity contribution in [2.24, 2.45) is 23.5 Å². The summed E-state index contributed by atoms with van der Waals surface area (Å²) in [5.74, 6) is 2.71. The number of hydrogen-bond acceptors (Lipinski definition) is 2. The van der Waals surface area contributed by atoms with E-state index in [0.717, 1.165) is 17.8 Å². The molecular weight excluding hydrogens is 208 g/mol. The third-order valence-electron chi connectivity index (χ3n) is 4.88. The molecule has 0 heterocycles. The summed E-state index contributed by atoms with van der Waals surface area (Å²) in [5.41, 5.74) is 6.32. The second-order valence-electron chi connectivity index (χ2n) is 6.31. The minimum absolute atomic E-state index is 0.464. The highest BCUT2D eigenvalue weighted by atomic mass is 15.1. The van der Waals surface area contributed by atoms with Crippen LogP contribution in [0.15, 0.2) is 0 Å². The number of rotatable bonds is 6. The smallest absolute Gasteiger partial charge is 0.00795 e. The van der Waals surface area contributed by atoms with E-state index >= 15 is 0 Å². The Labute approximate surface area is 107 Å².